The summed E-state index contributed by atoms with van der Waals surface area (Å²) < 4.78 is 29.8. The fourth-order valence-corrected chi connectivity index (χ4v) is 5.32. The number of aromatic nitrogens is 2. The number of benzene rings is 1. The van der Waals surface area contributed by atoms with Gasteiger partial charge in [-0.2, -0.15) is 0 Å². The molecule has 11 heteroatoms. The molecule has 2 aliphatic rings. The van der Waals surface area contributed by atoms with Crippen LogP contribution in [0.1, 0.15) is 25.5 Å². The average Bonchev–Trinajstić information content (AvgIpc) is 3.61. The van der Waals surface area contributed by atoms with Crippen LogP contribution in [0.25, 0.3) is 11.4 Å². The molecule has 1 saturated heterocycles. The lowest BCUT2D eigenvalue weighted by Gasteiger charge is -2.34. The van der Waals surface area contributed by atoms with Gasteiger partial charge in [0.25, 0.3) is 0 Å². The van der Waals surface area contributed by atoms with Gasteiger partial charge in [-0.1, -0.05) is 0 Å². The molecule has 0 spiro atoms. The number of ether oxygens (including phenoxy) is 1. The number of amides is 2. The highest BCUT2D eigenvalue weighted by Crippen LogP contribution is 2.52. The Balaban J connectivity index is 1.68. The summed E-state index contributed by atoms with van der Waals surface area (Å²) in [6, 6.07) is 8.52. The summed E-state index contributed by atoms with van der Waals surface area (Å²) in [5, 5.41) is 14.0. The fraction of sp³-hybridized carbons (Fsp3) is 0.500. The van der Waals surface area contributed by atoms with Gasteiger partial charge in [0, 0.05) is 36.7 Å². The molecule has 10 nitrogen and oxygen atoms in total. The Kier molecular flexibility index (Phi) is 6.55. The molecule has 1 saturated carbocycles. The van der Waals surface area contributed by atoms with Crippen molar-refractivity contribution in [2.45, 2.75) is 30.6 Å². The maximum Gasteiger partial charge on any atom is 0.319 e. The first kappa shape index (κ1) is 23.4. The van der Waals surface area contributed by atoms with E-state index in [0.717, 1.165) is 0 Å². The highest BCUT2D eigenvalue weighted by atomic mass is 32.2. The smallest absolute Gasteiger partial charge is 0.319 e. The highest BCUT2D eigenvalue weighted by molar-refractivity contribution is 7.91. The lowest BCUT2D eigenvalue weighted by atomic mass is 10.1. The highest BCUT2D eigenvalue weighted by Gasteiger charge is 2.55. The zero-order valence-electron chi connectivity index (χ0n) is 18.7. The number of morpholine rings is 1. The number of aliphatic hydroxyl groups is 1. The normalized spacial score (nSPS) is 19.7. The van der Waals surface area contributed by atoms with Crippen LogP contribution < -0.4 is 15.5 Å². The molecule has 3 N–H and O–H groups in total. The van der Waals surface area contributed by atoms with Gasteiger partial charge in [0.1, 0.15) is 10.6 Å². The van der Waals surface area contributed by atoms with Gasteiger partial charge in [-0.25, -0.2) is 23.2 Å². The summed E-state index contributed by atoms with van der Waals surface area (Å²) in [6.07, 6.45) is 2.36. The number of hydrogen-bond donors (Lipinski definition) is 3. The Bertz CT molecular complexity index is 1120. The first-order valence-electron chi connectivity index (χ1n) is 10.9. The van der Waals surface area contributed by atoms with Crippen molar-refractivity contribution in [3.8, 4) is 11.4 Å². The van der Waals surface area contributed by atoms with E-state index >= 15 is 0 Å². The van der Waals surface area contributed by atoms with E-state index in [-0.39, 0.29) is 19.2 Å². The average molecular weight is 476 g/mol. The monoisotopic (exact) mass is 475 g/mol. The van der Waals surface area contributed by atoms with Gasteiger partial charge >= 0.3 is 6.03 Å². The zero-order valence-corrected chi connectivity index (χ0v) is 19.6. The molecule has 2 amide bonds. The van der Waals surface area contributed by atoms with Crippen LogP contribution in [0.3, 0.4) is 0 Å². The van der Waals surface area contributed by atoms with E-state index in [4.69, 9.17) is 14.8 Å². The molecule has 1 aromatic heterocycles. The third kappa shape index (κ3) is 4.94. The van der Waals surface area contributed by atoms with Crippen LogP contribution in [0.4, 0.5) is 16.3 Å². The predicted octanol–water partition coefficient (Wildman–Crippen LogP) is 1.52. The second kappa shape index (κ2) is 9.24. The van der Waals surface area contributed by atoms with E-state index in [9.17, 15) is 13.2 Å². The summed E-state index contributed by atoms with van der Waals surface area (Å²) in [4.78, 5) is 23.4. The number of nitrogens with one attached hydrogen (secondary N) is 2. The van der Waals surface area contributed by atoms with Crippen LogP contribution in [0.5, 0.6) is 0 Å². The molecule has 1 aliphatic carbocycles. The molecule has 2 heterocycles. The zero-order chi connectivity index (χ0) is 23.6. The number of anilines is 2. The Morgan fingerprint density at radius 1 is 1.27 bits per heavy atom. The third-order valence-corrected chi connectivity index (χ3v) is 8.09. The van der Waals surface area contributed by atoms with Crippen molar-refractivity contribution in [3.05, 3.63) is 36.0 Å². The van der Waals surface area contributed by atoms with Crippen LogP contribution >= 0.6 is 0 Å². The van der Waals surface area contributed by atoms with Crippen LogP contribution in [-0.4, -0.2) is 74.7 Å². The summed E-state index contributed by atoms with van der Waals surface area (Å²) in [5.74, 6) is 1.12. The topological polar surface area (TPSA) is 134 Å². The van der Waals surface area contributed by atoms with Crippen molar-refractivity contribution in [1.29, 1.82) is 0 Å². The van der Waals surface area contributed by atoms with Gasteiger partial charge in [0.15, 0.2) is 15.7 Å². The van der Waals surface area contributed by atoms with E-state index in [2.05, 4.69) is 20.5 Å². The molecule has 2 fully saturated rings. The molecule has 1 aromatic carbocycles. The lowest BCUT2D eigenvalue weighted by molar-refractivity contribution is 0.0985. The molecule has 33 heavy (non-hydrogen) atoms. The standard InChI is InChI=1S/C22H29N5O5S/c1-15-14-32-12-10-27(15)19-13-18(22(7-8-22)33(2,30)31)25-20(26-19)16-3-5-17(6-4-16)24-21(29)23-9-11-28/h3-6,13,15,28H,7-12,14H2,1-2H3,(H2,23,24,29)/t15-/m0/s1. The number of carbonyl (C=O) groups is 1. The first-order chi connectivity index (χ1) is 15.7. The minimum Gasteiger partial charge on any atom is -0.395 e. The minimum absolute atomic E-state index is 0.103. The number of aliphatic hydroxyl groups excluding tert-OH is 1. The summed E-state index contributed by atoms with van der Waals surface area (Å²) in [5.41, 5.74) is 1.81. The van der Waals surface area contributed by atoms with E-state index in [1.807, 2.05) is 6.92 Å². The number of hydrogen-bond acceptors (Lipinski definition) is 8. The largest absolute Gasteiger partial charge is 0.395 e. The van der Waals surface area contributed by atoms with Gasteiger partial charge in [-0.15, -0.1) is 0 Å². The van der Waals surface area contributed by atoms with Crippen LogP contribution in [0.15, 0.2) is 30.3 Å². The Labute approximate surface area is 193 Å². The van der Waals surface area contributed by atoms with Gasteiger partial charge < -0.3 is 25.4 Å². The minimum atomic E-state index is -3.34. The molecule has 1 aliphatic heterocycles. The van der Waals surface area contributed by atoms with E-state index in [1.54, 1.807) is 30.3 Å². The summed E-state index contributed by atoms with van der Waals surface area (Å²) >= 11 is 0. The number of carbonyl (C=O) groups excluding carboxylic acids is 1. The maximum atomic E-state index is 12.6. The molecule has 0 bridgehead atoms. The molecule has 0 unspecified atom stereocenters. The number of rotatable bonds is 7. The van der Waals surface area contributed by atoms with Crippen LogP contribution in [-0.2, 0) is 19.3 Å². The second-order valence-electron chi connectivity index (χ2n) is 8.50. The molecule has 0 radical (unpaired) electrons. The second-order valence-corrected chi connectivity index (χ2v) is 10.8. The van der Waals surface area contributed by atoms with E-state index in [1.165, 1.54) is 6.26 Å². The number of nitrogens with zero attached hydrogens (tertiary/aromatic N) is 3. The summed E-state index contributed by atoms with van der Waals surface area (Å²) in [7, 11) is -3.34. The van der Waals surface area contributed by atoms with E-state index < -0.39 is 20.6 Å². The number of urea groups is 1. The molecule has 4 rings (SSSR count). The van der Waals surface area contributed by atoms with Gasteiger partial charge in [-0.05, 0) is 44.0 Å². The molecule has 178 valence electrons. The van der Waals surface area contributed by atoms with Crippen molar-refractivity contribution in [1.82, 2.24) is 15.3 Å². The SMILES string of the molecule is C[C@H]1COCCN1c1cc(C2(S(C)(=O)=O)CC2)nc(-c2ccc(NC(=O)NCCO)cc2)n1. The fourth-order valence-electron chi connectivity index (χ4n) is 3.99. The molecule has 2 aromatic rings. The Morgan fingerprint density at radius 2 is 2.00 bits per heavy atom. The van der Waals surface area contributed by atoms with Crippen molar-refractivity contribution >= 4 is 27.4 Å². The lowest BCUT2D eigenvalue weighted by Crippen LogP contribution is -2.44. The first-order valence-corrected chi connectivity index (χ1v) is 12.8. The summed E-state index contributed by atoms with van der Waals surface area (Å²) in [6.45, 7) is 3.88. The van der Waals surface area contributed by atoms with Crippen LogP contribution in [0.2, 0.25) is 0 Å². The van der Waals surface area contributed by atoms with E-state index in [0.29, 0.717) is 61.2 Å². The molecular weight excluding hydrogens is 446 g/mol. The third-order valence-electron chi connectivity index (χ3n) is 6.05. The predicted molar refractivity (Wildman–Crippen MR) is 125 cm³/mol. The van der Waals surface area contributed by atoms with Crippen molar-refractivity contribution in [2.24, 2.45) is 0 Å². The Morgan fingerprint density at radius 3 is 2.61 bits per heavy atom. The van der Waals surface area contributed by atoms with Gasteiger partial charge in [-0.3, -0.25) is 0 Å². The van der Waals surface area contributed by atoms with Gasteiger partial charge in [0.05, 0.1) is 31.6 Å². The molecule has 1 atom stereocenters. The van der Waals surface area contributed by atoms with Crippen molar-refractivity contribution in [2.75, 3.05) is 49.4 Å². The van der Waals surface area contributed by atoms with Gasteiger partial charge in [0.2, 0.25) is 0 Å². The molecular formula is C22H29N5O5S. The quantitative estimate of drug-likeness (QED) is 0.549. The maximum absolute atomic E-state index is 12.6. The van der Waals surface area contributed by atoms with Crippen LogP contribution in [0, 0.1) is 0 Å². The van der Waals surface area contributed by atoms with Crippen molar-refractivity contribution in [3.63, 3.8) is 0 Å². The number of sulfone groups is 1. The van der Waals surface area contributed by atoms with Crippen molar-refractivity contribution < 1.29 is 23.1 Å². The Hall–Kier alpha value is -2.76.